The number of nitrogens with zero attached hydrogens (tertiary/aromatic N) is 2. The summed E-state index contributed by atoms with van der Waals surface area (Å²) in [4.78, 5) is 17.2. The zero-order valence-corrected chi connectivity index (χ0v) is 6.04. The zero-order valence-electron chi connectivity index (χ0n) is 5.28. The van der Waals surface area contributed by atoms with E-state index < -0.39 is 5.97 Å². The average molecular weight is 174 g/mol. The van der Waals surface area contributed by atoms with E-state index in [2.05, 4.69) is 9.97 Å². The van der Waals surface area contributed by atoms with Crippen molar-refractivity contribution in [3.05, 3.63) is 16.9 Å². The molecule has 0 fully saturated rings. The Kier molecular flexibility index (Phi) is 1.91. The molecule has 1 rings (SSSR count). The maximum atomic E-state index is 10.3. The predicted octanol–water partition coefficient (Wildman–Crippen LogP) is 0.410. The van der Waals surface area contributed by atoms with Gasteiger partial charge in [0.15, 0.2) is 0 Å². The lowest BCUT2D eigenvalue weighted by molar-refractivity contribution is 0.0696. The number of carboxylic acid groups (broad SMARTS) is 1. The Labute approximate surface area is 66.8 Å². The molecule has 0 aliphatic heterocycles. The fourth-order valence-electron chi connectivity index (χ4n) is 0.517. The van der Waals surface area contributed by atoms with E-state index in [1.807, 2.05) is 0 Å². The van der Waals surface area contributed by atoms with Gasteiger partial charge in [-0.3, -0.25) is 0 Å². The number of nitrogens with two attached hydrogens (primary N) is 1. The number of aromatic nitrogens is 2. The number of hydrogen-bond acceptors (Lipinski definition) is 4. The standard InChI is InChI=1S/C5H4ClN3O2/c6-3-2(4(10)11)1-8-5(7)9-3/h1H,(H,10,11)(H2,7,8,9). The molecule has 0 aliphatic carbocycles. The van der Waals surface area contributed by atoms with E-state index >= 15 is 0 Å². The SMILES string of the molecule is Nc1ncc(C(=O)O)c(Cl)n1. The molecule has 11 heavy (non-hydrogen) atoms. The van der Waals surface area contributed by atoms with Gasteiger partial charge >= 0.3 is 5.97 Å². The molecule has 0 bridgehead atoms. The Morgan fingerprint density at radius 1 is 1.73 bits per heavy atom. The van der Waals surface area contributed by atoms with Crippen LogP contribution in [-0.2, 0) is 0 Å². The van der Waals surface area contributed by atoms with E-state index in [1.54, 1.807) is 0 Å². The first-order chi connectivity index (χ1) is 5.11. The van der Waals surface area contributed by atoms with Crippen LogP contribution < -0.4 is 5.73 Å². The Bertz CT molecular complexity index is 302. The first-order valence-electron chi connectivity index (χ1n) is 2.62. The molecule has 5 nitrogen and oxygen atoms in total. The monoisotopic (exact) mass is 173 g/mol. The molecular formula is C5H4ClN3O2. The van der Waals surface area contributed by atoms with Gasteiger partial charge in [0.2, 0.25) is 5.95 Å². The Morgan fingerprint density at radius 3 is 2.82 bits per heavy atom. The van der Waals surface area contributed by atoms with Crippen molar-refractivity contribution in [3.63, 3.8) is 0 Å². The molecule has 0 atom stereocenters. The molecule has 1 aromatic heterocycles. The van der Waals surface area contributed by atoms with Crippen LogP contribution in [-0.4, -0.2) is 21.0 Å². The number of rotatable bonds is 1. The second-order valence-corrected chi connectivity index (χ2v) is 2.10. The van der Waals surface area contributed by atoms with Gasteiger partial charge < -0.3 is 10.8 Å². The maximum absolute atomic E-state index is 10.3. The van der Waals surface area contributed by atoms with Crippen molar-refractivity contribution in [2.75, 3.05) is 5.73 Å². The number of aromatic carboxylic acids is 1. The number of anilines is 1. The highest BCUT2D eigenvalue weighted by molar-refractivity contribution is 6.32. The number of nitrogen functional groups attached to an aromatic ring is 1. The molecule has 0 unspecified atom stereocenters. The molecule has 0 spiro atoms. The summed E-state index contributed by atoms with van der Waals surface area (Å²) in [5.41, 5.74) is 4.98. The molecule has 0 radical (unpaired) electrons. The molecule has 0 aromatic carbocycles. The summed E-state index contributed by atoms with van der Waals surface area (Å²) in [7, 11) is 0. The van der Waals surface area contributed by atoms with Crippen LogP contribution in [0, 0.1) is 0 Å². The molecule has 0 saturated heterocycles. The molecule has 1 heterocycles. The number of carbonyl (C=O) groups is 1. The summed E-state index contributed by atoms with van der Waals surface area (Å²) in [6.07, 6.45) is 1.06. The van der Waals surface area contributed by atoms with E-state index in [-0.39, 0.29) is 16.7 Å². The molecule has 6 heteroatoms. The van der Waals surface area contributed by atoms with Gasteiger partial charge in [0.05, 0.1) is 0 Å². The molecule has 1 aromatic rings. The van der Waals surface area contributed by atoms with Gasteiger partial charge in [0, 0.05) is 6.20 Å². The molecular weight excluding hydrogens is 170 g/mol. The minimum Gasteiger partial charge on any atom is -0.478 e. The van der Waals surface area contributed by atoms with Gasteiger partial charge in [-0.2, -0.15) is 0 Å². The molecule has 3 N–H and O–H groups in total. The van der Waals surface area contributed by atoms with Crippen molar-refractivity contribution in [2.45, 2.75) is 0 Å². The summed E-state index contributed by atoms with van der Waals surface area (Å²) in [6.45, 7) is 0. The van der Waals surface area contributed by atoms with Crippen LogP contribution in [0.4, 0.5) is 5.95 Å². The highest BCUT2D eigenvalue weighted by Gasteiger charge is 2.09. The number of carboxylic acids is 1. The second-order valence-electron chi connectivity index (χ2n) is 1.74. The van der Waals surface area contributed by atoms with Gasteiger partial charge in [-0.1, -0.05) is 11.6 Å². The largest absolute Gasteiger partial charge is 0.478 e. The fourth-order valence-corrected chi connectivity index (χ4v) is 0.733. The smallest absolute Gasteiger partial charge is 0.340 e. The number of hydrogen-bond donors (Lipinski definition) is 2. The van der Waals surface area contributed by atoms with Gasteiger partial charge in [0.1, 0.15) is 10.7 Å². The number of halogens is 1. The van der Waals surface area contributed by atoms with Crippen molar-refractivity contribution in [1.29, 1.82) is 0 Å². The predicted molar refractivity (Wildman–Crippen MR) is 38.4 cm³/mol. The molecule has 0 saturated carbocycles. The topological polar surface area (TPSA) is 89.1 Å². The van der Waals surface area contributed by atoms with E-state index in [1.165, 1.54) is 0 Å². The third-order valence-electron chi connectivity index (χ3n) is 0.991. The first-order valence-corrected chi connectivity index (χ1v) is 3.00. The summed E-state index contributed by atoms with van der Waals surface area (Å²) < 4.78 is 0. The Hall–Kier alpha value is -1.36. The van der Waals surface area contributed by atoms with Crippen LogP contribution in [0.1, 0.15) is 10.4 Å². The lowest BCUT2D eigenvalue weighted by atomic mass is 10.3. The highest BCUT2D eigenvalue weighted by atomic mass is 35.5. The minimum atomic E-state index is -1.17. The van der Waals surface area contributed by atoms with Crippen molar-refractivity contribution in [1.82, 2.24) is 9.97 Å². The van der Waals surface area contributed by atoms with E-state index in [9.17, 15) is 4.79 Å². The Morgan fingerprint density at radius 2 is 2.36 bits per heavy atom. The average Bonchev–Trinajstić information content (AvgIpc) is 1.85. The lowest BCUT2D eigenvalue weighted by Crippen LogP contribution is -2.03. The van der Waals surface area contributed by atoms with Crippen molar-refractivity contribution in [2.24, 2.45) is 0 Å². The highest BCUT2D eigenvalue weighted by Crippen LogP contribution is 2.11. The molecule has 0 aliphatic rings. The van der Waals surface area contributed by atoms with Crippen molar-refractivity contribution < 1.29 is 9.90 Å². The summed E-state index contributed by atoms with van der Waals surface area (Å²) in [6, 6.07) is 0. The van der Waals surface area contributed by atoms with Crippen molar-refractivity contribution >= 4 is 23.5 Å². The van der Waals surface area contributed by atoms with E-state index in [0.29, 0.717) is 0 Å². The first kappa shape index (κ1) is 7.74. The van der Waals surface area contributed by atoms with Crippen LogP contribution >= 0.6 is 11.6 Å². The second kappa shape index (κ2) is 2.71. The summed E-state index contributed by atoms with van der Waals surface area (Å²) in [5.74, 6) is -1.21. The summed E-state index contributed by atoms with van der Waals surface area (Å²) in [5, 5.41) is 8.30. The lowest BCUT2D eigenvalue weighted by Gasteiger charge is -1.96. The minimum absolute atomic E-state index is 0.0417. The van der Waals surface area contributed by atoms with Gasteiger partial charge in [-0.25, -0.2) is 14.8 Å². The third kappa shape index (κ3) is 1.56. The van der Waals surface area contributed by atoms with Crippen LogP contribution in [0.5, 0.6) is 0 Å². The summed E-state index contributed by atoms with van der Waals surface area (Å²) >= 11 is 5.41. The normalized spacial score (nSPS) is 9.55. The van der Waals surface area contributed by atoms with Gasteiger partial charge in [0.25, 0.3) is 0 Å². The molecule has 58 valence electrons. The van der Waals surface area contributed by atoms with Crippen molar-refractivity contribution in [3.8, 4) is 0 Å². The van der Waals surface area contributed by atoms with E-state index in [0.717, 1.165) is 6.20 Å². The Balaban J connectivity index is 3.20. The molecule has 0 amide bonds. The van der Waals surface area contributed by atoms with Crippen LogP contribution in [0.15, 0.2) is 6.20 Å². The zero-order chi connectivity index (χ0) is 8.43. The van der Waals surface area contributed by atoms with Crippen LogP contribution in [0.25, 0.3) is 0 Å². The van der Waals surface area contributed by atoms with Crippen LogP contribution in [0.2, 0.25) is 5.15 Å². The van der Waals surface area contributed by atoms with Gasteiger partial charge in [-0.15, -0.1) is 0 Å². The van der Waals surface area contributed by atoms with Crippen LogP contribution in [0.3, 0.4) is 0 Å². The van der Waals surface area contributed by atoms with E-state index in [4.69, 9.17) is 22.4 Å². The third-order valence-corrected chi connectivity index (χ3v) is 1.28. The van der Waals surface area contributed by atoms with Gasteiger partial charge in [-0.05, 0) is 0 Å². The quantitative estimate of drug-likeness (QED) is 0.601. The maximum Gasteiger partial charge on any atom is 0.340 e. The fraction of sp³-hybridized carbons (Fsp3) is 0.